The molecule has 0 aliphatic heterocycles. The molecule has 3 N–H and O–H groups in total. The Bertz CT molecular complexity index is 930. The number of amides is 1. The summed E-state index contributed by atoms with van der Waals surface area (Å²) in [5.41, 5.74) is 7.32. The second kappa shape index (κ2) is 5.96. The number of nitrogens with two attached hydrogens (primary N) is 1. The molecule has 116 valence electrons. The van der Waals surface area contributed by atoms with E-state index in [2.05, 4.69) is 5.32 Å². The van der Waals surface area contributed by atoms with Crippen molar-refractivity contribution < 1.29 is 4.79 Å². The average molecular weight is 307 g/mol. The van der Waals surface area contributed by atoms with Crippen LogP contribution in [0.2, 0.25) is 0 Å². The van der Waals surface area contributed by atoms with Gasteiger partial charge in [-0.25, -0.2) is 0 Å². The summed E-state index contributed by atoms with van der Waals surface area (Å²) in [4.78, 5) is 25.1. The van der Waals surface area contributed by atoms with Crippen LogP contribution in [0.4, 0.5) is 5.82 Å². The van der Waals surface area contributed by atoms with Gasteiger partial charge >= 0.3 is 0 Å². The van der Waals surface area contributed by atoms with Crippen LogP contribution >= 0.6 is 0 Å². The molecule has 0 unspecified atom stereocenters. The van der Waals surface area contributed by atoms with Crippen LogP contribution in [0.1, 0.15) is 15.9 Å². The van der Waals surface area contributed by atoms with Crippen LogP contribution in [-0.4, -0.2) is 10.5 Å². The molecule has 0 fully saturated rings. The summed E-state index contributed by atoms with van der Waals surface area (Å²) >= 11 is 0. The first-order valence-corrected chi connectivity index (χ1v) is 7.29. The third kappa shape index (κ3) is 2.68. The Kier molecular flexibility index (Phi) is 3.85. The molecule has 2 aromatic carbocycles. The monoisotopic (exact) mass is 307 g/mol. The molecule has 23 heavy (non-hydrogen) atoms. The van der Waals surface area contributed by atoms with Crippen LogP contribution in [0, 0.1) is 0 Å². The van der Waals surface area contributed by atoms with Gasteiger partial charge in [-0.2, -0.15) is 0 Å². The minimum absolute atomic E-state index is 0.0119. The number of nitrogens with zero attached hydrogens (tertiary/aromatic N) is 1. The maximum Gasteiger partial charge on any atom is 0.259 e. The minimum atomic E-state index is -0.460. The van der Waals surface area contributed by atoms with Crippen molar-refractivity contribution in [2.75, 3.05) is 5.73 Å². The number of carbonyl (C=O) groups excluding carboxylic acids is 1. The summed E-state index contributed by atoms with van der Waals surface area (Å²) < 4.78 is 1.66. The number of pyridine rings is 1. The normalized spacial score (nSPS) is 10.7. The lowest BCUT2D eigenvalue weighted by molar-refractivity contribution is 0.0950. The maximum atomic E-state index is 12.6. The summed E-state index contributed by atoms with van der Waals surface area (Å²) in [6, 6.07) is 16.6. The lowest BCUT2D eigenvalue weighted by Gasteiger charge is -2.13. The number of benzene rings is 2. The fourth-order valence-electron chi connectivity index (χ4n) is 2.59. The van der Waals surface area contributed by atoms with Gasteiger partial charge in [0, 0.05) is 19.0 Å². The van der Waals surface area contributed by atoms with Gasteiger partial charge in [-0.1, -0.05) is 42.5 Å². The van der Waals surface area contributed by atoms with Gasteiger partial charge in [0.15, 0.2) is 0 Å². The Labute approximate surface area is 133 Å². The maximum absolute atomic E-state index is 12.6. The highest BCUT2D eigenvalue weighted by molar-refractivity contribution is 6.01. The molecule has 5 heteroatoms. The summed E-state index contributed by atoms with van der Waals surface area (Å²) in [7, 11) is 1.74. The van der Waals surface area contributed by atoms with Gasteiger partial charge in [-0.3, -0.25) is 9.59 Å². The van der Waals surface area contributed by atoms with Crippen LogP contribution in [0.15, 0.2) is 59.4 Å². The van der Waals surface area contributed by atoms with E-state index in [1.165, 1.54) is 0 Å². The van der Waals surface area contributed by atoms with Gasteiger partial charge in [0.25, 0.3) is 5.91 Å². The quantitative estimate of drug-likeness (QED) is 0.777. The molecule has 0 spiro atoms. The van der Waals surface area contributed by atoms with Crippen molar-refractivity contribution in [1.29, 1.82) is 0 Å². The smallest absolute Gasteiger partial charge is 0.259 e. The summed E-state index contributed by atoms with van der Waals surface area (Å²) in [6.07, 6.45) is 0. The molecule has 5 nitrogen and oxygen atoms in total. The van der Waals surface area contributed by atoms with Crippen LogP contribution in [-0.2, 0) is 13.6 Å². The number of aromatic nitrogens is 1. The lowest BCUT2D eigenvalue weighted by Crippen LogP contribution is -2.31. The molecule has 0 aliphatic carbocycles. The minimum Gasteiger partial charge on any atom is -0.384 e. The zero-order valence-corrected chi connectivity index (χ0v) is 12.7. The van der Waals surface area contributed by atoms with E-state index in [4.69, 9.17) is 5.73 Å². The van der Waals surface area contributed by atoms with Gasteiger partial charge in [-0.05, 0) is 17.7 Å². The molecule has 3 rings (SSSR count). The fraction of sp³-hybridized carbons (Fsp3) is 0.111. The van der Waals surface area contributed by atoms with Crippen molar-refractivity contribution in [2.45, 2.75) is 6.54 Å². The molecule has 0 radical (unpaired) electrons. The Balaban J connectivity index is 1.99. The lowest BCUT2D eigenvalue weighted by atomic mass is 10.1. The number of hydrogen-bond donors (Lipinski definition) is 2. The van der Waals surface area contributed by atoms with E-state index < -0.39 is 5.91 Å². The second-order valence-corrected chi connectivity index (χ2v) is 5.33. The highest BCUT2D eigenvalue weighted by Gasteiger charge is 2.19. The number of carbonyl (C=O) groups is 1. The predicted molar refractivity (Wildman–Crippen MR) is 91.2 cm³/mol. The van der Waals surface area contributed by atoms with Crippen molar-refractivity contribution in [3.8, 4) is 0 Å². The first-order valence-electron chi connectivity index (χ1n) is 7.29. The third-order valence-corrected chi connectivity index (χ3v) is 3.88. The molecule has 3 aromatic rings. The van der Waals surface area contributed by atoms with Crippen LogP contribution < -0.4 is 16.5 Å². The largest absolute Gasteiger partial charge is 0.384 e. The van der Waals surface area contributed by atoms with Crippen molar-refractivity contribution in [2.24, 2.45) is 7.05 Å². The number of nitrogen functional groups attached to an aromatic ring is 1. The number of para-hydroxylation sites is 1. The zero-order valence-electron chi connectivity index (χ0n) is 12.7. The number of hydrogen-bond acceptors (Lipinski definition) is 3. The van der Waals surface area contributed by atoms with Crippen LogP contribution in [0.5, 0.6) is 0 Å². The Morgan fingerprint density at radius 2 is 1.74 bits per heavy atom. The molecule has 0 saturated heterocycles. The van der Waals surface area contributed by atoms with Crippen LogP contribution in [0.3, 0.4) is 0 Å². The first kappa shape index (κ1) is 14.8. The van der Waals surface area contributed by atoms with Crippen molar-refractivity contribution in [1.82, 2.24) is 9.88 Å². The fourth-order valence-corrected chi connectivity index (χ4v) is 2.59. The number of nitrogens with one attached hydrogen (secondary N) is 1. The van der Waals surface area contributed by atoms with Crippen LogP contribution in [0.25, 0.3) is 10.9 Å². The summed E-state index contributed by atoms with van der Waals surface area (Å²) in [5, 5.41) is 3.24. The van der Waals surface area contributed by atoms with E-state index in [0.717, 1.165) is 5.56 Å². The topological polar surface area (TPSA) is 77.1 Å². The zero-order chi connectivity index (χ0) is 16.4. The van der Waals surface area contributed by atoms with E-state index in [1.807, 2.05) is 36.4 Å². The molecule has 1 heterocycles. The van der Waals surface area contributed by atoms with Gasteiger partial charge in [0.2, 0.25) is 5.43 Å². The van der Waals surface area contributed by atoms with E-state index in [0.29, 0.717) is 17.4 Å². The number of anilines is 1. The van der Waals surface area contributed by atoms with Crippen molar-refractivity contribution in [3.05, 3.63) is 75.9 Å². The number of rotatable bonds is 3. The van der Waals surface area contributed by atoms with E-state index in [1.54, 1.807) is 29.8 Å². The predicted octanol–water partition coefficient (Wildman–Crippen LogP) is 2.05. The van der Waals surface area contributed by atoms with Gasteiger partial charge < -0.3 is 15.6 Å². The molecule has 1 aromatic heterocycles. The van der Waals surface area contributed by atoms with Crippen molar-refractivity contribution in [3.63, 3.8) is 0 Å². The third-order valence-electron chi connectivity index (χ3n) is 3.88. The number of fused-ring (bicyclic) bond motifs is 1. The summed E-state index contributed by atoms with van der Waals surface area (Å²) in [5.74, 6) is -0.294. The SMILES string of the molecule is Cn1c(N)c(C(=O)NCc2ccccc2)c(=O)c2ccccc21. The van der Waals surface area contributed by atoms with E-state index in [9.17, 15) is 9.59 Å². The average Bonchev–Trinajstić information content (AvgIpc) is 2.59. The van der Waals surface area contributed by atoms with Gasteiger partial charge in [0.05, 0.1) is 5.52 Å². The molecule has 0 bridgehead atoms. The van der Waals surface area contributed by atoms with Gasteiger partial charge in [0.1, 0.15) is 11.4 Å². The molecule has 0 saturated carbocycles. The molecular weight excluding hydrogens is 290 g/mol. The molecular formula is C18H17N3O2. The highest BCUT2D eigenvalue weighted by Crippen LogP contribution is 2.16. The molecule has 0 atom stereocenters. The molecule has 0 aliphatic rings. The van der Waals surface area contributed by atoms with Gasteiger partial charge in [-0.15, -0.1) is 0 Å². The molecule has 1 amide bonds. The van der Waals surface area contributed by atoms with E-state index in [-0.39, 0.29) is 16.8 Å². The van der Waals surface area contributed by atoms with E-state index >= 15 is 0 Å². The standard InChI is InChI=1S/C18H17N3O2/c1-21-14-10-6-5-9-13(14)16(22)15(17(21)19)18(23)20-11-12-7-3-2-4-8-12/h2-10H,11,19H2,1H3,(H,20,23). The van der Waals surface area contributed by atoms with Crippen molar-refractivity contribution >= 4 is 22.6 Å². The first-order chi connectivity index (χ1) is 11.1. The Morgan fingerprint density at radius 3 is 2.48 bits per heavy atom. The summed E-state index contributed by atoms with van der Waals surface area (Å²) in [6.45, 7) is 0.342. The Morgan fingerprint density at radius 1 is 1.09 bits per heavy atom. The second-order valence-electron chi connectivity index (χ2n) is 5.33. The Hall–Kier alpha value is -3.08. The number of aryl methyl sites for hydroxylation is 1. The highest BCUT2D eigenvalue weighted by atomic mass is 16.2.